The first-order chi connectivity index (χ1) is 17.9. The van der Waals surface area contributed by atoms with Crippen LogP contribution in [0.4, 0.5) is 5.95 Å². The van der Waals surface area contributed by atoms with Gasteiger partial charge in [0, 0.05) is 5.38 Å². The smallest absolute Gasteiger partial charge is 0.461 e. The van der Waals surface area contributed by atoms with Gasteiger partial charge < -0.3 is 30.6 Å². The maximum atomic E-state index is 13.6. The molecule has 1 aliphatic heterocycles. The lowest BCUT2D eigenvalue weighted by Gasteiger charge is -2.27. The molecule has 0 radical (unpaired) electrons. The van der Waals surface area contributed by atoms with E-state index >= 15 is 0 Å². The van der Waals surface area contributed by atoms with Crippen LogP contribution in [0.1, 0.15) is 27.0 Å². The number of nitrogen functional groups attached to an aromatic ring is 1. The fourth-order valence-corrected chi connectivity index (χ4v) is 4.89. The summed E-state index contributed by atoms with van der Waals surface area (Å²) in [5.41, 5.74) is 8.89. The zero-order valence-electron chi connectivity index (χ0n) is 20.6. The quantitative estimate of drug-likeness (QED) is 0.207. The van der Waals surface area contributed by atoms with Gasteiger partial charge in [-0.2, -0.15) is 4.98 Å². The number of phosphoric acid groups is 1. The number of carbonyl (C=O) groups is 1. The van der Waals surface area contributed by atoms with Gasteiger partial charge in [-0.3, -0.25) is 13.6 Å². The summed E-state index contributed by atoms with van der Waals surface area (Å²) in [6, 6.07) is 7.91. The molecule has 6 atom stereocenters. The minimum Gasteiger partial charge on any atom is -0.461 e. The largest absolute Gasteiger partial charge is 0.530 e. The number of ether oxygens (including phenoxy) is 2. The average Bonchev–Trinajstić information content (AvgIpc) is 3.08. The summed E-state index contributed by atoms with van der Waals surface area (Å²) in [6.07, 6.45) is -5.20. The molecule has 1 aromatic heterocycles. The SMILES string of the molecule is CC(C)OC(=O)[C@H](C)OP(=O)(OC[C@H]1O[C@@H](n2cnc(N)nc2=O)[C@@](N)(C#CCl)C1O)Oc1ccccc1. The van der Waals surface area contributed by atoms with E-state index < -0.39 is 62.3 Å². The Bertz CT molecular complexity index is 1300. The number of hydrogen-bond acceptors (Lipinski definition) is 13. The zero-order valence-corrected chi connectivity index (χ0v) is 22.2. The summed E-state index contributed by atoms with van der Waals surface area (Å²) >= 11 is 5.56. The molecule has 0 bridgehead atoms. The standard InChI is InChI=1S/C22H27ClN5O9P/c1-13(2)34-18(30)14(3)36-38(32,37-15-7-5-4-6-8-15)33-11-16-17(29)22(25,9-10-23)19(35-16)28-12-26-20(24)27-21(28)31/h4-8,12-14,16-17,19,29H,11,25H2,1-3H3,(H2,24,27,31)/t14-,16+,17?,19+,22+,38?/m0/s1. The van der Waals surface area contributed by atoms with Crippen LogP contribution in [0.15, 0.2) is 41.5 Å². The molecule has 0 saturated carbocycles. The van der Waals surface area contributed by atoms with Crippen LogP contribution in [-0.2, 0) is 27.9 Å². The van der Waals surface area contributed by atoms with Gasteiger partial charge in [0.15, 0.2) is 17.9 Å². The van der Waals surface area contributed by atoms with Gasteiger partial charge in [-0.05, 0) is 44.5 Å². The van der Waals surface area contributed by atoms with Crippen LogP contribution in [0.25, 0.3) is 0 Å². The van der Waals surface area contributed by atoms with Crippen LogP contribution in [-0.4, -0.2) is 62.2 Å². The Balaban J connectivity index is 1.86. The van der Waals surface area contributed by atoms with Crippen LogP contribution >= 0.6 is 19.4 Å². The Hall–Kier alpha value is -3.02. The van der Waals surface area contributed by atoms with Gasteiger partial charge in [0.25, 0.3) is 0 Å². The van der Waals surface area contributed by atoms with Crippen LogP contribution in [0.5, 0.6) is 5.75 Å². The number of nitrogens with zero attached hydrogens (tertiary/aromatic N) is 3. The lowest BCUT2D eigenvalue weighted by atomic mass is 9.92. The minimum absolute atomic E-state index is 0.109. The highest BCUT2D eigenvalue weighted by molar-refractivity contribution is 7.49. The van der Waals surface area contributed by atoms with Crippen LogP contribution in [0.2, 0.25) is 0 Å². The van der Waals surface area contributed by atoms with Crippen molar-refractivity contribution in [2.75, 3.05) is 12.3 Å². The predicted octanol–water partition coefficient (Wildman–Crippen LogP) is 0.936. The molecule has 2 unspecified atom stereocenters. The van der Waals surface area contributed by atoms with Crippen LogP contribution < -0.4 is 21.7 Å². The normalized spacial score (nSPS) is 25.2. The van der Waals surface area contributed by atoms with Crippen molar-refractivity contribution >= 4 is 31.3 Å². The average molecular weight is 572 g/mol. The molecule has 0 aliphatic carbocycles. The van der Waals surface area contributed by atoms with E-state index in [0.717, 1.165) is 10.9 Å². The molecular weight excluding hydrogens is 545 g/mol. The number of carbonyl (C=O) groups excluding carboxylic acids is 1. The summed E-state index contributed by atoms with van der Waals surface area (Å²) in [4.78, 5) is 31.9. The lowest BCUT2D eigenvalue weighted by Crippen LogP contribution is -2.55. The number of benzene rings is 1. The third kappa shape index (κ3) is 6.89. The van der Waals surface area contributed by atoms with Gasteiger partial charge in [-0.15, -0.1) is 0 Å². The third-order valence-electron chi connectivity index (χ3n) is 5.14. The molecule has 1 fully saturated rings. The number of esters is 1. The first-order valence-corrected chi connectivity index (χ1v) is 13.1. The Morgan fingerprint density at radius 1 is 1.34 bits per heavy atom. The van der Waals surface area contributed by atoms with E-state index in [1.54, 1.807) is 32.0 Å². The topological polar surface area (TPSA) is 200 Å². The molecule has 1 aromatic carbocycles. The van der Waals surface area contributed by atoms with E-state index in [4.69, 9.17) is 46.1 Å². The van der Waals surface area contributed by atoms with Crippen LogP contribution in [0, 0.1) is 11.3 Å². The number of anilines is 1. The van der Waals surface area contributed by atoms with E-state index in [1.807, 2.05) is 0 Å². The summed E-state index contributed by atoms with van der Waals surface area (Å²) in [6.45, 7) is 3.94. The molecule has 3 rings (SSSR count). The van der Waals surface area contributed by atoms with Crippen molar-refractivity contribution in [1.82, 2.24) is 14.5 Å². The lowest BCUT2D eigenvalue weighted by molar-refractivity contribution is -0.156. The highest BCUT2D eigenvalue weighted by Gasteiger charge is 2.55. The summed E-state index contributed by atoms with van der Waals surface area (Å²) < 4.78 is 41.6. The maximum Gasteiger partial charge on any atom is 0.530 e. The molecule has 1 aliphatic rings. The van der Waals surface area contributed by atoms with Crippen molar-refractivity contribution in [2.24, 2.45) is 5.73 Å². The number of para-hydroxylation sites is 1. The first-order valence-electron chi connectivity index (χ1n) is 11.2. The maximum absolute atomic E-state index is 13.6. The number of aromatic nitrogens is 3. The van der Waals surface area contributed by atoms with Gasteiger partial charge in [-0.1, -0.05) is 24.1 Å². The number of hydrogen-bond donors (Lipinski definition) is 3. The van der Waals surface area contributed by atoms with Crippen molar-refractivity contribution < 1.29 is 37.5 Å². The van der Waals surface area contributed by atoms with Gasteiger partial charge in [0.05, 0.1) is 12.7 Å². The molecule has 5 N–H and O–H groups in total. The molecule has 206 valence electrons. The summed E-state index contributed by atoms with van der Waals surface area (Å²) in [5.74, 6) is 1.42. The molecule has 2 heterocycles. The van der Waals surface area contributed by atoms with E-state index in [1.165, 1.54) is 19.1 Å². The van der Waals surface area contributed by atoms with Crippen molar-refractivity contribution in [3.63, 3.8) is 0 Å². The minimum atomic E-state index is -4.54. The first kappa shape index (κ1) is 29.5. The Labute approximate surface area is 222 Å². The number of rotatable bonds is 10. The molecule has 16 heteroatoms. The Kier molecular flexibility index (Phi) is 9.50. The fraction of sp³-hybridized carbons (Fsp3) is 0.455. The summed E-state index contributed by atoms with van der Waals surface area (Å²) in [7, 11) is -4.54. The second-order valence-electron chi connectivity index (χ2n) is 8.41. The fourth-order valence-electron chi connectivity index (χ4n) is 3.38. The van der Waals surface area contributed by atoms with Crippen LogP contribution in [0.3, 0.4) is 0 Å². The summed E-state index contributed by atoms with van der Waals surface area (Å²) in [5, 5.41) is 13.0. The van der Waals surface area contributed by atoms with Crippen molar-refractivity contribution in [1.29, 1.82) is 0 Å². The second kappa shape index (κ2) is 12.2. The van der Waals surface area contributed by atoms with E-state index in [0.29, 0.717) is 0 Å². The Morgan fingerprint density at radius 2 is 2.03 bits per heavy atom. The van der Waals surface area contributed by atoms with Crippen molar-refractivity contribution in [2.45, 2.75) is 57.0 Å². The third-order valence-corrected chi connectivity index (χ3v) is 6.71. The molecule has 1 saturated heterocycles. The molecule has 14 nitrogen and oxygen atoms in total. The van der Waals surface area contributed by atoms with Gasteiger partial charge in [-0.25, -0.2) is 19.1 Å². The number of aliphatic hydroxyl groups is 1. The Morgan fingerprint density at radius 3 is 2.63 bits per heavy atom. The second-order valence-corrected chi connectivity index (χ2v) is 10.1. The number of aliphatic hydroxyl groups excluding tert-OH is 1. The van der Waals surface area contributed by atoms with Gasteiger partial charge in [0.1, 0.15) is 24.3 Å². The number of nitrogens with two attached hydrogens (primary N) is 2. The number of phosphoric ester groups is 1. The molecule has 38 heavy (non-hydrogen) atoms. The van der Waals surface area contributed by atoms with Gasteiger partial charge in [0.2, 0.25) is 5.95 Å². The van der Waals surface area contributed by atoms with Crippen molar-refractivity contribution in [3.05, 3.63) is 47.1 Å². The molecule has 2 aromatic rings. The van der Waals surface area contributed by atoms with Gasteiger partial charge >= 0.3 is 19.5 Å². The van der Waals surface area contributed by atoms with Crippen molar-refractivity contribution in [3.8, 4) is 17.0 Å². The molecular formula is C22H27ClN5O9P. The predicted molar refractivity (Wildman–Crippen MR) is 134 cm³/mol. The highest BCUT2D eigenvalue weighted by atomic mass is 35.5. The zero-order chi connectivity index (χ0) is 28.1. The van der Waals surface area contributed by atoms with E-state index in [-0.39, 0.29) is 11.7 Å². The molecule has 0 amide bonds. The number of halogens is 1. The van der Waals surface area contributed by atoms with E-state index in [2.05, 4.69) is 21.3 Å². The monoisotopic (exact) mass is 571 g/mol. The highest BCUT2D eigenvalue weighted by Crippen LogP contribution is 2.51. The van der Waals surface area contributed by atoms with E-state index in [9.17, 15) is 19.3 Å². The molecule has 0 spiro atoms.